The van der Waals surface area contributed by atoms with Gasteiger partial charge in [0.1, 0.15) is 11.6 Å². The molecule has 0 nitrogen and oxygen atoms in total. The highest BCUT2D eigenvalue weighted by Gasteiger charge is 2.07. The normalized spacial score (nSPS) is 9.93. The lowest BCUT2D eigenvalue weighted by Crippen LogP contribution is -1.93. The van der Waals surface area contributed by atoms with Crippen molar-refractivity contribution in [3.8, 4) is 23.7 Å². The van der Waals surface area contributed by atoms with Crippen LogP contribution in [0, 0.1) is 63.0 Å². The largest absolute Gasteiger partial charge is 0.206 e. The van der Waals surface area contributed by atoms with E-state index < -0.39 is 11.6 Å². The fourth-order valence-corrected chi connectivity index (χ4v) is 2.96. The first-order valence-electron chi connectivity index (χ1n) is 9.01. The molecule has 3 aromatic rings. The van der Waals surface area contributed by atoms with E-state index in [2.05, 4.69) is 23.7 Å². The number of halogens is 2. The minimum atomic E-state index is -0.640. The third kappa shape index (κ3) is 4.48. The molecule has 0 bridgehead atoms. The Morgan fingerprint density at radius 3 is 1.61 bits per heavy atom. The van der Waals surface area contributed by atoms with Crippen molar-refractivity contribution in [3.05, 3.63) is 105 Å². The third-order valence-electron chi connectivity index (χ3n) is 4.43. The minimum Gasteiger partial charge on any atom is -0.206 e. The maximum atomic E-state index is 14.0. The topological polar surface area (TPSA) is 0 Å². The Balaban J connectivity index is 1.93. The summed E-state index contributed by atoms with van der Waals surface area (Å²) in [7, 11) is 0. The maximum Gasteiger partial charge on any atom is 0.142 e. The van der Waals surface area contributed by atoms with Crippen LogP contribution < -0.4 is 0 Å². The van der Waals surface area contributed by atoms with Gasteiger partial charge in [-0.05, 0) is 80.8 Å². The van der Waals surface area contributed by atoms with Gasteiger partial charge >= 0.3 is 0 Å². The molecule has 0 N–H and O–H groups in total. The second-order valence-corrected chi connectivity index (χ2v) is 6.95. The molecular formula is C26H20F2. The van der Waals surface area contributed by atoms with Crippen LogP contribution in [-0.2, 0) is 0 Å². The second-order valence-electron chi connectivity index (χ2n) is 6.95. The van der Waals surface area contributed by atoms with Crippen molar-refractivity contribution in [1.82, 2.24) is 0 Å². The van der Waals surface area contributed by atoms with Crippen molar-refractivity contribution in [2.24, 2.45) is 0 Å². The molecule has 138 valence electrons. The van der Waals surface area contributed by atoms with E-state index in [0.29, 0.717) is 11.1 Å². The summed E-state index contributed by atoms with van der Waals surface area (Å²) in [5.41, 5.74) is 6.09. The van der Waals surface area contributed by atoms with Crippen LogP contribution in [0.15, 0.2) is 48.5 Å². The number of hydrogen-bond donors (Lipinski definition) is 0. The summed E-state index contributed by atoms with van der Waals surface area (Å²) >= 11 is 0. The van der Waals surface area contributed by atoms with Crippen molar-refractivity contribution in [2.45, 2.75) is 27.7 Å². The quantitative estimate of drug-likeness (QED) is 0.426. The first-order chi connectivity index (χ1) is 13.3. The summed E-state index contributed by atoms with van der Waals surface area (Å²) in [6.45, 7) is 7.61. The average molecular weight is 370 g/mol. The van der Waals surface area contributed by atoms with Gasteiger partial charge in [0.25, 0.3) is 0 Å². The lowest BCUT2D eigenvalue weighted by molar-refractivity contribution is 0.575. The molecule has 0 aliphatic heterocycles. The van der Waals surface area contributed by atoms with Gasteiger partial charge in [0.2, 0.25) is 0 Å². The molecule has 3 rings (SSSR count). The molecule has 0 atom stereocenters. The van der Waals surface area contributed by atoms with Crippen LogP contribution in [0.4, 0.5) is 8.78 Å². The van der Waals surface area contributed by atoms with Gasteiger partial charge in [-0.25, -0.2) is 8.78 Å². The van der Waals surface area contributed by atoms with Crippen LogP contribution in [-0.4, -0.2) is 0 Å². The van der Waals surface area contributed by atoms with Gasteiger partial charge in [0.05, 0.1) is 5.56 Å². The molecule has 0 amide bonds. The predicted octanol–water partition coefficient (Wildman–Crippen LogP) is 6.00. The minimum absolute atomic E-state index is 0.204. The summed E-state index contributed by atoms with van der Waals surface area (Å²) < 4.78 is 27.9. The monoisotopic (exact) mass is 370 g/mol. The van der Waals surface area contributed by atoms with Crippen LogP contribution in [0.5, 0.6) is 0 Å². The Morgan fingerprint density at radius 2 is 1.04 bits per heavy atom. The Morgan fingerprint density at radius 1 is 0.536 bits per heavy atom. The molecule has 0 saturated heterocycles. The van der Waals surface area contributed by atoms with E-state index in [1.54, 1.807) is 6.92 Å². The summed E-state index contributed by atoms with van der Waals surface area (Å²) in [5.74, 6) is 10.6. The molecule has 0 heterocycles. The number of rotatable bonds is 0. The molecular weight excluding hydrogens is 350 g/mol. The number of hydrogen-bond acceptors (Lipinski definition) is 0. The molecule has 0 unspecified atom stereocenters. The molecule has 3 aromatic carbocycles. The third-order valence-corrected chi connectivity index (χ3v) is 4.43. The second kappa shape index (κ2) is 8.12. The fourth-order valence-electron chi connectivity index (χ4n) is 2.96. The van der Waals surface area contributed by atoms with Crippen LogP contribution >= 0.6 is 0 Å². The van der Waals surface area contributed by atoms with Gasteiger partial charge in [0, 0.05) is 16.7 Å². The standard InChI is InChI=1S/C26H20F2/c1-17-5-7-21(8-6-17)9-11-23-19(3)15-22(16-20(23)4)10-12-24-25(27)13-18(2)14-26(24)28/h5-8,13-16H,1-4H3. The highest BCUT2D eigenvalue weighted by molar-refractivity contribution is 5.55. The van der Waals surface area contributed by atoms with Crippen molar-refractivity contribution < 1.29 is 8.78 Å². The van der Waals surface area contributed by atoms with E-state index in [1.165, 1.54) is 17.7 Å². The van der Waals surface area contributed by atoms with E-state index in [0.717, 1.165) is 22.3 Å². The number of aryl methyl sites for hydroxylation is 4. The summed E-state index contributed by atoms with van der Waals surface area (Å²) in [5, 5.41) is 0. The molecule has 0 aliphatic rings. The van der Waals surface area contributed by atoms with Crippen LogP contribution in [0.2, 0.25) is 0 Å². The number of benzene rings is 3. The van der Waals surface area contributed by atoms with Crippen LogP contribution in [0.25, 0.3) is 0 Å². The predicted molar refractivity (Wildman–Crippen MR) is 110 cm³/mol. The van der Waals surface area contributed by atoms with Crippen molar-refractivity contribution >= 4 is 0 Å². The van der Waals surface area contributed by atoms with E-state index >= 15 is 0 Å². The molecule has 2 heteroatoms. The lowest BCUT2D eigenvalue weighted by Gasteiger charge is -2.05. The highest BCUT2D eigenvalue weighted by Crippen LogP contribution is 2.17. The molecule has 0 fully saturated rings. The van der Waals surface area contributed by atoms with Gasteiger partial charge in [-0.1, -0.05) is 41.4 Å². The zero-order valence-electron chi connectivity index (χ0n) is 16.4. The molecule has 0 saturated carbocycles. The van der Waals surface area contributed by atoms with Crippen molar-refractivity contribution in [1.29, 1.82) is 0 Å². The van der Waals surface area contributed by atoms with Crippen molar-refractivity contribution in [2.75, 3.05) is 0 Å². The van der Waals surface area contributed by atoms with Gasteiger partial charge in [-0.2, -0.15) is 0 Å². The first kappa shape index (κ1) is 19.4. The van der Waals surface area contributed by atoms with E-state index in [1.807, 2.05) is 57.2 Å². The zero-order chi connectivity index (χ0) is 20.3. The summed E-state index contributed by atoms with van der Waals surface area (Å²) in [4.78, 5) is 0. The van der Waals surface area contributed by atoms with Gasteiger partial charge < -0.3 is 0 Å². The van der Waals surface area contributed by atoms with Gasteiger partial charge in [0.15, 0.2) is 0 Å². The Labute approximate surface area is 165 Å². The summed E-state index contributed by atoms with van der Waals surface area (Å²) in [6.07, 6.45) is 0. The molecule has 0 aromatic heterocycles. The van der Waals surface area contributed by atoms with Crippen LogP contribution in [0.3, 0.4) is 0 Å². The van der Waals surface area contributed by atoms with Gasteiger partial charge in [-0.15, -0.1) is 0 Å². The smallest absolute Gasteiger partial charge is 0.142 e. The fraction of sp³-hybridized carbons (Fsp3) is 0.154. The average Bonchev–Trinajstić information content (AvgIpc) is 2.61. The Hall–Kier alpha value is -3.36. The van der Waals surface area contributed by atoms with Crippen molar-refractivity contribution in [3.63, 3.8) is 0 Å². The highest BCUT2D eigenvalue weighted by atomic mass is 19.1. The zero-order valence-corrected chi connectivity index (χ0v) is 16.4. The van der Waals surface area contributed by atoms with E-state index in [9.17, 15) is 8.78 Å². The first-order valence-corrected chi connectivity index (χ1v) is 9.01. The summed E-state index contributed by atoms with van der Waals surface area (Å²) in [6, 6.07) is 14.4. The maximum absolute atomic E-state index is 14.0. The lowest BCUT2D eigenvalue weighted by atomic mass is 9.99. The SMILES string of the molecule is Cc1ccc(C#Cc2c(C)cc(C#Cc3c(F)cc(C)cc3F)cc2C)cc1. The molecule has 0 radical (unpaired) electrons. The van der Waals surface area contributed by atoms with E-state index in [-0.39, 0.29) is 5.56 Å². The van der Waals surface area contributed by atoms with Gasteiger partial charge in [-0.3, -0.25) is 0 Å². The molecule has 28 heavy (non-hydrogen) atoms. The Kier molecular flexibility index (Phi) is 5.62. The Bertz CT molecular complexity index is 1120. The molecule has 0 aliphatic carbocycles. The van der Waals surface area contributed by atoms with Crippen LogP contribution in [0.1, 0.15) is 44.5 Å². The van der Waals surface area contributed by atoms with E-state index in [4.69, 9.17) is 0 Å². The molecule has 0 spiro atoms.